The van der Waals surface area contributed by atoms with E-state index in [9.17, 15) is 19.8 Å². The first kappa shape index (κ1) is 27.8. The summed E-state index contributed by atoms with van der Waals surface area (Å²) in [5.74, 6) is -2.41. The lowest BCUT2D eigenvalue weighted by Crippen LogP contribution is -2.48. The highest BCUT2D eigenvalue weighted by Crippen LogP contribution is 2.31. The van der Waals surface area contributed by atoms with Crippen molar-refractivity contribution in [2.24, 2.45) is 0 Å². The lowest BCUT2D eigenvalue weighted by Gasteiger charge is -2.34. The van der Waals surface area contributed by atoms with Gasteiger partial charge in [-0.05, 0) is 44.5 Å². The molecule has 0 amide bonds. The minimum Gasteiger partial charge on any atom is -0.457 e. The van der Waals surface area contributed by atoms with Gasteiger partial charge < -0.3 is 38.9 Å². The van der Waals surface area contributed by atoms with Gasteiger partial charge in [0.1, 0.15) is 0 Å². The van der Waals surface area contributed by atoms with Gasteiger partial charge in [-0.3, -0.25) is 0 Å². The second kappa shape index (κ2) is 13.4. The maximum Gasteiger partial charge on any atom is 0.395 e. The van der Waals surface area contributed by atoms with Crippen LogP contribution in [0.4, 0.5) is 0 Å². The number of benzene rings is 1. The van der Waals surface area contributed by atoms with Crippen molar-refractivity contribution in [2.75, 3.05) is 6.61 Å². The minimum absolute atomic E-state index is 0.182. The Morgan fingerprint density at radius 1 is 0.886 bits per heavy atom. The molecule has 3 unspecified atom stereocenters. The number of furan rings is 2. The van der Waals surface area contributed by atoms with Crippen LogP contribution < -0.4 is 0 Å². The third kappa shape index (κ3) is 8.35. The van der Waals surface area contributed by atoms with Gasteiger partial charge in [-0.15, -0.1) is 0 Å². The number of aliphatic hydroxyl groups is 4. The molecule has 3 rings (SSSR count). The van der Waals surface area contributed by atoms with Crippen molar-refractivity contribution in [3.63, 3.8) is 0 Å². The van der Waals surface area contributed by atoms with Crippen LogP contribution in [0.1, 0.15) is 53.4 Å². The summed E-state index contributed by atoms with van der Waals surface area (Å²) >= 11 is 0. The van der Waals surface area contributed by atoms with Gasteiger partial charge in [0.15, 0.2) is 0 Å². The van der Waals surface area contributed by atoms with Gasteiger partial charge in [0.2, 0.25) is 17.2 Å². The molecule has 3 atom stereocenters. The van der Waals surface area contributed by atoms with Gasteiger partial charge in [-0.2, -0.15) is 0 Å². The fraction of sp³-hybridized carbons (Fsp3) is 0.333. The maximum absolute atomic E-state index is 12.3. The van der Waals surface area contributed by atoms with Crippen LogP contribution >= 0.6 is 0 Å². The molecule has 0 bridgehead atoms. The van der Waals surface area contributed by atoms with Crippen LogP contribution in [-0.2, 0) is 15.4 Å². The quantitative estimate of drug-likeness (QED) is 0.243. The standard InChI is InChI=1S/C19H17NO8.C5H12O2/c21-11-10-19(24,14-6-2-1-3-7-14)20(27-17(22)15-8-4-12-25-15)28-18(23)16-9-5-13-26-16;1-4(6)3-5(2)7/h1-9,12-13,21,24H,10-11H2;4-7H,3H2,1-2H3. The van der Waals surface area contributed by atoms with E-state index in [1.165, 1.54) is 48.9 Å². The Labute approximate surface area is 201 Å². The van der Waals surface area contributed by atoms with Crippen LogP contribution in [0.5, 0.6) is 0 Å². The van der Waals surface area contributed by atoms with E-state index in [2.05, 4.69) is 0 Å². The first-order valence-electron chi connectivity index (χ1n) is 10.7. The van der Waals surface area contributed by atoms with Crippen molar-refractivity contribution in [3.8, 4) is 0 Å². The topological polar surface area (TPSA) is 163 Å². The van der Waals surface area contributed by atoms with Gasteiger partial charge in [0.25, 0.3) is 0 Å². The van der Waals surface area contributed by atoms with Gasteiger partial charge >= 0.3 is 11.9 Å². The molecule has 0 spiro atoms. The van der Waals surface area contributed by atoms with E-state index in [4.69, 9.17) is 28.7 Å². The molecule has 2 heterocycles. The highest BCUT2D eigenvalue weighted by Gasteiger charge is 2.43. The number of carbonyl (C=O) groups is 2. The number of hydroxylamine groups is 2. The van der Waals surface area contributed by atoms with E-state index in [1.807, 2.05) is 0 Å². The molecule has 0 saturated heterocycles. The smallest absolute Gasteiger partial charge is 0.395 e. The van der Waals surface area contributed by atoms with Crippen molar-refractivity contribution in [1.29, 1.82) is 0 Å². The Bertz CT molecular complexity index is 948. The zero-order chi connectivity index (χ0) is 25.8. The Balaban J connectivity index is 0.000000540. The molecule has 2 aromatic heterocycles. The van der Waals surface area contributed by atoms with Crippen molar-refractivity contribution >= 4 is 11.9 Å². The van der Waals surface area contributed by atoms with E-state index in [-0.39, 0.29) is 35.7 Å². The largest absolute Gasteiger partial charge is 0.457 e. The second-order valence-electron chi connectivity index (χ2n) is 7.56. The molecular weight excluding hydrogens is 462 g/mol. The highest BCUT2D eigenvalue weighted by atomic mass is 17.0. The average Bonchev–Trinajstić information content (AvgIpc) is 3.53. The van der Waals surface area contributed by atoms with Gasteiger partial charge in [-0.1, -0.05) is 30.3 Å². The monoisotopic (exact) mass is 491 g/mol. The van der Waals surface area contributed by atoms with Crippen molar-refractivity contribution in [2.45, 2.75) is 44.6 Å². The predicted octanol–water partition coefficient (Wildman–Crippen LogP) is 2.38. The maximum atomic E-state index is 12.3. The fourth-order valence-electron chi connectivity index (χ4n) is 2.90. The fourth-order valence-corrected chi connectivity index (χ4v) is 2.90. The molecule has 0 fully saturated rings. The molecule has 190 valence electrons. The summed E-state index contributed by atoms with van der Waals surface area (Å²) < 4.78 is 9.92. The van der Waals surface area contributed by atoms with Crippen molar-refractivity contribution < 1.29 is 48.5 Å². The number of nitrogens with zero attached hydrogens (tertiary/aromatic N) is 1. The molecule has 11 nitrogen and oxygen atoms in total. The molecule has 0 saturated carbocycles. The molecule has 0 aliphatic rings. The van der Waals surface area contributed by atoms with Crippen molar-refractivity contribution in [1.82, 2.24) is 5.23 Å². The third-order valence-electron chi connectivity index (χ3n) is 4.46. The van der Waals surface area contributed by atoms with E-state index in [0.29, 0.717) is 11.6 Å². The molecule has 0 aliphatic heterocycles. The number of carbonyl (C=O) groups excluding carboxylic acids is 2. The zero-order valence-electron chi connectivity index (χ0n) is 19.3. The summed E-state index contributed by atoms with van der Waals surface area (Å²) in [6, 6.07) is 13.6. The molecule has 1 aromatic carbocycles. The number of hydrogen-bond acceptors (Lipinski definition) is 11. The Morgan fingerprint density at radius 2 is 1.37 bits per heavy atom. The molecule has 3 aromatic rings. The van der Waals surface area contributed by atoms with E-state index in [0.717, 1.165) is 0 Å². The summed E-state index contributed by atoms with van der Waals surface area (Å²) in [5, 5.41) is 38.1. The third-order valence-corrected chi connectivity index (χ3v) is 4.46. The van der Waals surface area contributed by atoms with Gasteiger partial charge in [0.05, 0.1) is 30.0 Å². The van der Waals surface area contributed by atoms with E-state index >= 15 is 0 Å². The molecule has 4 N–H and O–H groups in total. The highest BCUT2D eigenvalue weighted by molar-refractivity contribution is 5.87. The number of rotatable bonds is 10. The second-order valence-corrected chi connectivity index (χ2v) is 7.56. The summed E-state index contributed by atoms with van der Waals surface area (Å²) in [4.78, 5) is 34.8. The summed E-state index contributed by atoms with van der Waals surface area (Å²) in [6.45, 7) is 2.82. The van der Waals surface area contributed by atoms with Crippen LogP contribution in [0.15, 0.2) is 76.0 Å². The molecule has 0 radical (unpaired) electrons. The average molecular weight is 491 g/mol. The zero-order valence-corrected chi connectivity index (χ0v) is 19.3. The normalized spacial score (nSPS) is 14.3. The van der Waals surface area contributed by atoms with Crippen LogP contribution in [0.2, 0.25) is 0 Å². The summed E-state index contributed by atoms with van der Waals surface area (Å²) in [6.07, 6.45) is 1.90. The molecule has 0 aliphatic carbocycles. The van der Waals surface area contributed by atoms with Crippen LogP contribution in [0.3, 0.4) is 0 Å². The number of aliphatic hydroxyl groups excluding tert-OH is 3. The lowest BCUT2D eigenvalue weighted by atomic mass is 10.0. The predicted molar refractivity (Wildman–Crippen MR) is 120 cm³/mol. The van der Waals surface area contributed by atoms with Crippen LogP contribution in [0, 0.1) is 0 Å². The SMILES string of the molecule is CC(O)CC(C)O.O=C(ON(OC(=O)c1ccco1)C(O)(CCO)c1ccccc1)c1ccco1. The van der Waals surface area contributed by atoms with Gasteiger partial charge in [-0.25, -0.2) is 9.59 Å². The summed E-state index contributed by atoms with van der Waals surface area (Å²) in [7, 11) is 0. The minimum atomic E-state index is -2.18. The Kier molecular flexibility index (Phi) is 10.6. The van der Waals surface area contributed by atoms with E-state index < -0.39 is 24.3 Å². The van der Waals surface area contributed by atoms with E-state index in [1.54, 1.807) is 32.0 Å². The Hall–Kier alpha value is -3.48. The molecular formula is C24H29NO10. The molecule has 11 heteroatoms. The van der Waals surface area contributed by atoms with Crippen LogP contribution in [-0.4, -0.2) is 56.4 Å². The first-order valence-corrected chi connectivity index (χ1v) is 10.7. The first-order chi connectivity index (χ1) is 16.7. The lowest BCUT2D eigenvalue weighted by molar-refractivity contribution is -0.410. The number of hydrogen-bond donors (Lipinski definition) is 4. The Morgan fingerprint density at radius 3 is 1.71 bits per heavy atom. The molecule has 35 heavy (non-hydrogen) atoms. The van der Waals surface area contributed by atoms with Crippen molar-refractivity contribution in [3.05, 3.63) is 84.2 Å². The van der Waals surface area contributed by atoms with Crippen LogP contribution in [0.25, 0.3) is 0 Å². The summed E-state index contributed by atoms with van der Waals surface area (Å²) in [5.41, 5.74) is -1.97. The van der Waals surface area contributed by atoms with Gasteiger partial charge in [0, 0.05) is 18.6 Å².